The van der Waals surface area contributed by atoms with Gasteiger partial charge in [-0.3, -0.25) is 14.7 Å². The molecule has 1 aliphatic rings. The molecule has 0 radical (unpaired) electrons. The molecule has 0 aliphatic carbocycles. The molecule has 0 saturated carbocycles. The predicted molar refractivity (Wildman–Crippen MR) is 157 cm³/mol. The highest BCUT2D eigenvalue weighted by Crippen LogP contribution is 2.32. The molecule has 39 heavy (non-hydrogen) atoms. The summed E-state index contributed by atoms with van der Waals surface area (Å²) in [5.41, 5.74) is 7.00. The highest BCUT2D eigenvalue weighted by molar-refractivity contribution is 7.16. The molecule has 0 bridgehead atoms. The van der Waals surface area contributed by atoms with Gasteiger partial charge in [-0.1, -0.05) is 12.1 Å². The Morgan fingerprint density at radius 3 is 2.51 bits per heavy atom. The lowest BCUT2D eigenvalue weighted by molar-refractivity contribution is 0.0451. The second kappa shape index (κ2) is 10.0. The number of aromatic nitrogens is 2. The Morgan fingerprint density at radius 2 is 1.74 bits per heavy atom. The molecule has 8 heteroatoms. The van der Waals surface area contributed by atoms with Gasteiger partial charge in [0.15, 0.2) is 0 Å². The number of benzene rings is 3. The van der Waals surface area contributed by atoms with Crippen LogP contribution in [0.1, 0.15) is 31.1 Å². The minimum absolute atomic E-state index is 0.0719. The second-order valence-corrected chi connectivity index (χ2v) is 11.8. The summed E-state index contributed by atoms with van der Waals surface area (Å²) in [5.74, 6) is -0.541. The van der Waals surface area contributed by atoms with Crippen LogP contribution in [0.15, 0.2) is 72.4 Å². The molecule has 1 amide bonds. The predicted octanol–water partition coefficient (Wildman–Crippen LogP) is 6.95. The van der Waals surface area contributed by atoms with Crippen molar-refractivity contribution in [1.29, 1.82) is 0 Å². The van der Waals surface area contributed by atoms with E-state index in [1.807, 2.05) is 52.9 Å². The maximum atomic E-state index is 15.4. The molecule has 0 atom stereocenters. The van der Waals surface area contributed by atoms with Gasteiger partial charge in [-0.2, -0.15) is 0 Å². The van der Waals surface area contributed by atoms with Crippen LogP contribution in [0.5, 0.6) is 0 Å². The normalized spacial score (nSPS) is 14.7. The molecule has 3 aromatic carbocycles. The number of pyridine rings is 1. The third-order valence-corrected chi connectivity index (χ3v) is 8.20. The van der Waals surface area contributed by atoms with Crippen molar-refractivity contribution in [2.75, 3.05) is 31.5 Å². The van der Waals surface area contributed by atoms with Crippen LogP contribution in [0.2, 0.25) is 0 Å². The lowest BCUT2D eigenvalue weighted by Crippen LogP contribution is -2.54. The summed E-state index contributed by atoms with van der Waals surface area (Å²) in [5, 5.41) is 4.35. The third-order valence-electron chi connectivity index (χ3n) is 7.39. The summed E-state index contributed by atoms with van der Waals surface area (Å²) < 4.78 is 16.6. The van der Waals surface area contributed by atoms with Crippen molar-refractivity contribution in [2.24, 2.45) is 0 Å². The number of nitrogens with zero attached hydrogens (tertiary/aromatic N) is 4. The van der Waals surface area contributed by atoms with E-state index in [-0.39, 0.29) is 11.4 Å². The topological polar surface area (TPSA) is 61.4 Å². The fraction of sp³-hybridized carbons (Fsp3) is 0.258. The van der Waals surface area contributed by atoms with Gasteiger partial charge in [0.25, 0.3) is 5.91 Å². The fourth-order valence-corrected chi connectivity index (χ4v) is 5.82. The van der Waals surface area contributed by atoms with Crippen molar-refractivity contribution >= 4 is 49.7 Å². The van der Waals surface area contributed by atoms with Crippen molar-refractivity contribution in [1.82, 2.24) is 19.8 Å². The molecule has 2 aromatic heterocycles. The van der Waals surface area contributed by atoms with Gasteiger partial charge in [0.1, 0.15) is 5.82 Å². The highest BCUT2D eigenvalue weighted by Gasteiger charge is 2.28. The molecule has 5 aromatic rings. The van der Waals surface area contributed by atoms with Crippen molar-refractivity contribution < 1.29 is 9.18 Å². The first-order valence-corrected chi connectivity index (χ1v) is 14.0. The molecule has 198 valence electrons. The number of halogens is 1. The number of amides is 1. The van der Waals surface area contributed by atoms with E-state index in [0.29, 0.717) is 24.2 Å². The lowest BCUT2D eigenvalue weighted by Gasteiger charge is -2.42. The smallest absolute Gasteiger partial charge is 0.254 e. The van der Waals surface area contributed by atoms with Crippen LogP contribution in [0, 0.1) is 5.82 Å². The summed E-state index contributed by atoms with van der Waals surface area (Å²) in [7, 11) is 0. The standard InChI is InChI=1S/C31H30FN5OS/c1-31(2,3)37-14-12-36(13-15-37)30(38)21-4-7-23(25(32)17-21)20-5-8-26-24(16-20)27(10-11-33-26)35-22-6-9-29-28(18-22)34-19-39-29/h4-11,16-19H,12-15H2,1-3H3,(H,33,35). The van der Waals surface area contributed by atoms with Gasteiger partial charge in [-0.15, -0.1) is 11.3 Å². The van der Waals surface area contributed by atoms with Crippen LogP contribution in [0.3, 0.4) is 0 Å². The van der Waals surface area contributed by atoms with Gasteiger partial charge in [0, 0.05) is 65.8 Å². The van der Waals surface area contributed by atoms with Gasteiger partial charge in [0.2, 0.25) is 0 Å². The average molecular weight is 540 g/mol. The summed E-state index contributed by atoms with van der Waals surface area (Å²) >= 11 is 1.61. The Labute approximate surface area is 231 Å². The molecule has 0 unspecified atom stereocenters. The van der Waals surface area contributed by atoms with E-state index < -0.39 is 5.82 Å². The molecule has 6 nitrogen and oxygen atoms in total. The Kier molecular flexibility index (Phi) is 6.53. The number of fused-ring (bicyclic) bond motifs is 2. The Hall–Kier alpha value is -3.88. The summed E-state index contributed by atoms with van der Waals surface area (Å²) in [6.07, 6.45) is 1.76. The molecule has 6 rings (SSSR count). The number of thiazole rings is 1. The van der Waals surface area contributed by atoms with E-state index in [1.165, 1.54) is 6.07 Å². The molecule has 3 heterocycles. The van der Waals surface area contributed by atoms with Gasteiger partial charge >= 0.3 is 0 Å². The zero-order chi connectivity index (χ0) is 27.1. The Balaban J connectivity index is 1.25. The van der Waals surface area contributed by atoms with Crippen LogP contribution in [0.4, 0.5) is 15.8 Å². The quantitative estimate of drug-likeness (QED) is 0.268. The fourth-order valence-electron chi connectivity index (χ4n) is 5.16. The second-order valence-electron chi connectivity index (χ2n) is 10.9. The third kappa shape index (κ3) is 5.10. The first kappa shape index (κ1) is 25.4. The van der Waals surface area contributed by atoms with Crippen LogP contribution < -0.4 is 5.32 Å². The summed E-state index contributed by atoms with van der Waals surface area (Å²) in [4.78, 5) is 26.2. The summed E-state index contributed by atoms with van der Waals surface area (Å²) in [6, 6.07) is 18.5. The van der Waals surface area contributed by atoms with Crippen LogP contribution >= 0.6 is 11.3 Å². The van der Waals surface area contributed by atoms with Gasteiger partial charge in [-0.05, 0) is 74.9 Å². The molecule has 1 N–H and O–H groups in total. The molecule has 1 aliphatic heterocycles. The van der Waals surface area contributed by atoms with E-state index in [9.17, 15) is 4.79 Å². The van der Waals surface area contributed by atoms with Crippen molar-refractivity contribution in [3.63, 3.8) is 0 Å². The molecular formula is C31H30FN5OS. The Bertz CT molecular complexity index is 1680. The lowest BCUT2D eigenvalue weighted by atomic mass is 10.00. The van der Waals surface area contributed by atoms with E-state index in [1.54, 1.807) is 29.7 Å². The summed E-state index contributed by atoms with van der Waals surface area (Å²) in [6.45, 7) is 9.46. The van der Waals surface area contributed by atoms with Gasteiger partial charge in [-0.25, -0.2) is 9.37 Å². The van der Waals surface area contributed by atoms with Gasteiger partial charge in [0.05, 0.1) is 21.2 Å². The van der Waals surface area contributed by atoms with E-state index in [4.69, 9.17) is 0 Å². The molecular weight excluding hydrogens is 509 g/mol. The van der Waals surface area contributed by atoms with E-state index in [0.717, 1.165) is 51.1 Å². The number of piperazine rings is 1. The minimum atomic E-state index is -0.416. The first-order valence-electron chi connectivity index (χ1n) is 13.1. The number of hydrogen-bond acceptors (Lipinski definition) is 6. The largest absolute Gasteiger partial charge is 0.355 e. The Morgan fingerprint density at radius 1 is 0.923 bits per heavy atom. The SMILES string of the molecule is CC(C)(C)N1CCN(C(=O)c2ccc(-c3ccc4nccc(Nc5ccc6scnc6c5)c4c3)c(F)c2)CC1. The number of carbonyl (C=O) groups is 1. The number of anilines is 2. The van der Waals surface area contributed by atoms with Crippen molar-refractivity contribution in [2.45, 2.75) is 26.3 Å². The number of nitrogens with one attached hydrogen (secondary N) is 1. The van der Waals surface area contributed by atoms with Crippen LogP contribution in [-0.4, -0.2) is 57.4 Å². The van der Waals surface area contributed by atoms with Crippen LogP contribution in [-0.2, 0) is 0 Å². The van der Waals surface area contributed by atoms with Crippen LogP contribution in [0.25, 0.3) is 32.2 Å². The van der Waals surface area contributed by atoms with E-state index >= 15 is 4.39 Å². The molecule has 1 fully saturated rings. The zero-order valence-electron chi connectivity index (χ0n) is 22.2. The number of rotatable bonds is 4. The monoisotopic (exact) mass is 539 g/mol. The first-order chi connectivity index (χ1) is 18.8. The zero-order valence-corrected chi connectivity index (χ0v) is 23.1. The number of carbonyl (C=O) groups excluding carboxylic acids is 1. The molecule has 0 spiro atoms. The van der Waals surface area contributed by atoms with Crippen molar-refractivity contribution in [3.8, 4) is 11.1 Å². The maximum Gasteiger partial charge on any atom is 0.254 e. The maximum absolute atomic E-state index is 15.4. The van der Waals surface area contributed by atoms with E-state index in [2.05, 4.69) is 41.0 Å². The number of hydrogen-bond donors (Lipinski definition) is 1. The van der Waals surface area contributed by atoms with Gasteiger partial charge < -0.3 is 10.2 Å². The average Bonchev–Trinajstić information content (AvgIpc) is 3.40. The van der Waals surface area contributed by atoms with Crippen molar-refractivity contribution in [3.05, 3.63) is 83.8 Å². The highest BCUT2D eigenvalue weighted by atomic mass is 32.1. The molecule has 1 saturated heterocycles. The minimum Gasteiger partial charge on any atom is -0.355 e.